The van der Waals surface area contributed by atoms with Crippen LogP contribution in [0.25, 0.3) is 11.1 Å². The predicted octanol–water partition coefficient (Wildman–Crippen LogP) is 5.49. The number of aliphatic hydroxyl groups is 1. The van der Waals surface area contributed by atoms with E-state index in [1.165, 1.54) is 27.8 Å². The van der Waals surface area contributed by atoms with Gasteiger partial charge in [0.2, 0.25) is 0 Å². The van der Waals surface area contributed by atoms with Crippen molar-refractivity contribution < 1.29 is 9.84 Å². The van der Waals surface area contributed by atoms with Gasteiger partial charge in [-0.1, -0.05) is 48.6 Å². The normalized spacial score (nSPS) is 24.7. The van der Waals surface area contributed by atoms with Crippen LogP contribution in [0.4, 0.5) is 0 Å². The van der Waals surface area contributed by atoms with Crippen molar-refractivity contribution in [2.45, 2.75) is 58.0 Å². The molecule has 2 aliphatic heterocycles. The Kier molecular flexibility index (Phi) is 5.37. The zero-order chi connectivity index (χ0) is 20.6. The van der Waals surface area contributed by atoms with Crippen molar-refractivity contribution in [3.8, 4) is 11.1 Å². The van der Waals surface area contributed by atoms with Crippen molar-refractivity contribution in [1.29, 1.82) is 0 Å². The van der Waals surface area contributed by atoms with Crippen molar-refractivity contribution in [1.82, 2.24) is 4.90 Å². The van der Waals surface area contributed by atoms with Crippen LogP contribution < -0.4 is 0 Å². The zero-order valence-corrected chi connectivity index (χ0v) is 17.8. The molecule has 2 aliphatic rings. The molecule has 152 valence electrons. The van der Waals surface area contributed by atoms with E-state index >= 15 is 0 Å². The predicted molar refractivity (Wildman–Crippen MR) is 119 cm³/mol. The molecule has 3 heteroatoms. The molecule has 0 amide bonds. The highest BCUT2D eigenvalue weighted by atomic mass is 16.5. The summed E-state index contributed by atoms with van der Waals surface area (Å²) in [4.78, 5) is 2.35. The third-order valence-electron chi connectivity index (χ3n) is 6.06. The van der Waals surface area contributed by atoms with Gasteiger partial charge in [-0.2, -0.15) is 0 Å². The summed E-state index contributed by atoms with van der Waals surface area (Å²) >= 11 is 0. The second kappa shape index (κ2) is 7.81. The van der Waals surface area contributed by atoms with Crippen LogP contribution in [-0.2, 0) is 10.3 Å². The van der Waals surface area contributed by atoms with Gasteiger partial charge in [-0.25, -0.2) is 0 Å². The molecule has 1 N–H and O–H groups in total. The monoisotopic (exact) mass is 389 g/mol. The van der Waals surface area contributed by atoms with E-state index in [9.17, 15) is 5.11 Å². The molecule has 0 bridgehead atoms. The van der Waals surface area contributed by atoms with Gasteiger partial charge in [-0.15, -0.1) is 0 Å². The maximum atomic E-state index is 9.83. The highest BCUT2D eigenvalue weighted by Gasteiger charge is 2.41. The number of rotatable bonds is 5. The molecule has 0 aliphatic carbocycles. The van der Waals surface area contributed by atoms with Crippen molar-refractivity contribution in [2.75, 3.05) is 6.54 Å². The molecule has 0 saturated carbocycles. The first-order chi connectivity index (χ1) is 13.9. The van der Waals surface area contributed by atoms with Gasteiger partial charge < -0.3 is 14.7 Å². The van der Waals surface area contributed by atoms with E-state index in [4.69, 9.17) is 4.74 Å². The molecule has 0 saturated heterocycles. The van der Waals surface area contributed by atoms with Gasteiger partial charge in [0.15, 0.2) is 0 Å². The summed E-state index contributed by atoms with van der Waals surface area (Å²) in [6.07, 6.45) is 8.84. The van der Waals surface area contributed by atoms with E-state index in [0.29, 0.717) is 6.42 Å². The molecule has 2 aromatic rings. The Morgan fingerprint density at radius 3 is 2.72 bits per heavy atom. The molecule has 29 heavy (non-hydrogen) atoms. The fourth-order valence-corrected chi connectivity index (χ4v) is 4.81. The van der Waals surface area contributed by atoms with Gasteiger partial charge in [0.05, 0.1) is 24.8 Å². The van der Waals surface area contributed by atoms with Gasteiger partial charge in [-0.3, -0.25) is 0 Å². The van der Waals surface area contributed by atoms with E-state index in [1.54, 1.807) is 0 Å². The minimum Gasteiger partial charge on any atom is -0.393 e. The number of hydrogen-bond acceptors (Lipinski definition) is 3. The average Bonchev–Trinajstić information content (AvgIpc) is 2.67. The molecule has 0 radical (unpaired) electrons. The van der Waals surface area contributed by atoms with Gasteiger partial charge in [-0.05, 0) is 74.1 Å². The van der Waals surface area contributed by atoms with Crippen LogP contribution in [0.3, 0.4) is 0 Å². The summed E-state index contributed by atoms with van der Waals surface area (Å²) in [5, 5.41) is 9.83. The Labute approximate surface area is 174 Å². The number of ether oxygens (including phenoxy) is 1. The summed E-state index contributed by atoms with van der Waals surface area (Å²) in [5.74, 6) is 0. The summed E-state index contributed by atoms with van der Waals surface area (Å²) in [5.41, 5.74) is 5.85. The van der Waals surface area contributed by atoms with Gasteiger partial charge in [0.25, 0.3) is 0 Å². The Morgan fingerprint density at radius 1 is 1.17 bits per heavy atom. The van der Waals surface area contributed by atoms with E-state index < -0.39 is 5.60 Å². The first-order valence-corrected chi connectivity index (χ1v) is 10.5. The number of aryl methyl sites for hydroxylation is 1. The minimum absolute atomic E-state index is 0.0316. The number of allylic oxidation sites excluding steroid dienone is 2. The molecule has 4 unspecified atom stereocenters. The SMILES string of the molecule is Cc1ccccc1-c1ccc2c(c1)C(C)(OC(C)CC(C)O)CN1C=CC=CC21. The number of nitrogens with zero attached hydrogens (tertiary/aromatic N) is 1. The molecule has 0 fully saturated rings. The summed E-state index contributed by atoms with van der Waals surface area (Å²) < 4.78 is 6.63. The van der Waals surface area contributed by atoms with Crippen molar-refractivity contribution >= 4 is 0 Å². The average molecular weight is 390 g/mol. The lowest BCUT2D eigenvalue weighted by molar-refractivity contribution is -0.112. The van der Waals surface area contributed by atoms with Gasteiger partial charge in [0, 0.05) is 6.20 Å². The number of hydrogen-bond donors (Lipinski definition) is 1. The van der Waals surface area contributed by atoms with E-state index in [-0.39, 0.29) is 18.2 Å². The lowest BCUT2D eigenvalue weighted by atomic mass is 9.80. The van der Waals surface area contributed by atoms with Crippen LogP contribution in [0.1, 0.15) is 49.9 Å². The highest BCUT2D eigenvalue weighted by molar-refractivity contribution is 5.69. The second-order valence-electron chi connectivity index (χ2n) is 8.70. The van der Waals surface area contributed by atoms with Crippen LogP contribution in [0, 0.1) is 6.92 Å². The third kappa shape index (κ3) is 3.90. The fourth-order valence-electron chi connectivity index (χ4n) is 4.81. The molecule has 4 atom stereocenters. The fraction of sp³-hybridized carbons (Fsp3) is 0.385. The molecule has 4 rings (SSSR count). The van der Waals surface area contributed by atoms with E-state index in [2.05, 4.69) is 92.6 Å². The van der Waals surface area contributed by atoms with Crippen LogP contribution in [0.2, 0.25) is 0 Å². The lowest BCUT2D eigenvalue weighted by Crippen LogP contribution is -2.47. The third-order valence-corrected chi connectivity index (χ3v) is 6.06. The van der Waals surface area contributed by atoms with E-state index in [0.717, 1.165) is 6.54 Å². The van der Waals surface area contributed by atoms with Crippen LogP contribution in [0.15, 0.2) is 66.9 Å². The lowest BCUT2D eigenvalue weighted by Gasteiger charge is -2.47. The molecular weight excluding hydrogens is 358 g/mol. The molecule has 2 heterocycles. The van der Waals surface area contributed by atoms with E-state index in [1.807, 2.05) is 6.92 Å². The second-order valence-corrected chi connectivity index (χ2v) is 8.70. The summed E-state index contributed by atoms with van der Waals surface area (Å²) in [7, 11) is 0. The highest BCUT2D eigenvalue weighted by Crippen LogP contribution is 2.44. The standard InChI is InChI=1S/C26H31NO2/c1-18-9-5-6-10-22(18)21-12-13-23-24(16-21)26(4,29-20(3)15-19(2)28)17-27-14-8-7-11-25(23)27/h5-14,16,19-20,25,28H,15,17H2,1-4H3. The van der Waals surface area contributed by atoms with Crippen molar-refractivity contribution in [2.24, 2.45) is 0 Å². The van der Waals surface area contributed by atoms with Crippen molar-refractivity contribution in [3.63, 3.8) is 0 Å². The summed E-state index contributed by atoms with van der Waals surface area (Å²) in [6.45, 7) is 9.01. The van der Waals surface area contributed by atoms with Crippen LogP contribution in [0.5, 0.6) is 0 Å². The quantitative estimate of drug-likeness (QED) is 0.733. The first kappa shape index (κ1) is 19.9. The van der Waals surface area contributed by atoms with Crippen molar-refractivity contribution in [3.05, 3.63) is 83.6 Å². The Bertz CT molecular complexity index is 945. The zero-order valence-electron chi connectivity index (χ0n) is 17.8. The number of fused-ring (bicyclic) bond motifs is 3. The van der Waals surface area contributed by atoms with Crippen LogP contribution >= 0.6 is 0 Å². The maximum absolute atomic E-state index is 9.83. The number of aliphatic hydroxyl groups excluding tert-OH is 1. The molecule has 0 spiro atoms. The molecular formula is C26H31NO2. The minimum atomic E-state index is -0.450. The van der Waals surface area contributed by atoms with Gasteiger partial charge >= 0.3 is 0 Å². The largest absolute Gasteiger partial charge is 0.393 e. The Morgan fingerprint density at radius 2 is 1.97 bits per heavy atom. The molecule has 0 aromatic heterocycles. The Balaban J connectivity index is 1.80. The first-order valence-electron chi connectivity index (χ1n) is 10.5. The number of benzene rings is 2. The smallest absolute Gasteiger partial charge is 0.108 e. The summed E-state index contributed by atoms with van der Waals surface area (Å²) in [6, 6.07) is 15.6. The Hall–Kier alpha value is -2.36. The molecule has 3 nitrogen and oxygen atoms in total. The van der Waals surface area contributed by atoms with Crippen LogP contribution in [-0.4, -0.2) is 28.8 Å². The maximum Gasteiger partial charge on any atom is 0.108 e. The topological polar surface area (TPSA) is 32.7 Å². The van der Waals surface area contributed by atoms with Gasteiger partial charge in [0.1, 0.15) is 5.60 Å². The molecule has 2 aromatic carbocycles.